The molecule has 0 spiro atoms. The first-order chi connectivity index (χ1) is 12.1. The predicted molar refractivity (Wildman–Crippen MR) is 93.7 cm³/mol. The Balaban J connectivity index is 1.81. The van der Waals surface area contributed by atoms with Gasteiger partial charge in [-0.2, -0.15) is 4.31 Å². The van der Waals surface area contributed by atoms with Crippen molar-refractivity contribution in [3.8, 4) is 0 Å². The third kappa shape index (κ3) is 4.21. The van der Waals surface area contributed by atoms with E-state index in [1.54, 1.807) is 18.2 Å². The zero-order valence-corrected chi connectivity index (χ0v) is 14.6. The van der Waals surface area contributed by atoms with Gasteiger partial charge < -0.3 is 5.32 Å². The molecule has 7 nitrogen and oxygen atoms in total. The van der Waals surface area contributed by atoms with E-state index in [0.29, 0.717) is 18.9 Å². The highest BCUT2D eigenvalue weighted by Crippen LogP contribution is 2.21. The van der Waals surface area contributed by atoms with Crippen molar-refractivity contribution in [1.82, 2.24) is 14.3 Å². The SMILES string of the molecule is O=C(Nc1ccncn1)c1cccc(S(=O)(=O)N2CCCCCC2)c1. The first kappa shape index (κ1) is 17.5. The van der Waals surface area contributed by atoms with Crippen molar-refractivity contribution in [1.29, 1.82) is 0 Å². The minimum absolute atomic E-state index is 0.143. The van der Waals surface area contributed by atoms with Crippen LogP contribution >= 0.6 is 0 Å². The van der Waals surface area contributed by atoms with Crippen LogP contribution in [0.2, 0.25) is 0 Å². The van der Waals surface area contributed by atoms with Crippen LogP contribution in [0.25, 0.3) is 0 Å². The number of hydrogen-bond acceptors (Lipinski definition) is 5. The quantitative estimate of drug-likeness (QED) is 0.903. The molecule has 1 saturated heterocycles. The summed E-state index contributed by atoms with van der Waals surface area (Å²) in [6, 6.07) is 7.67. The molecule has 1 aliphatic rings. The number of nitrogens with zero attached hydrogens (tertiary/aromatic N) is 3. The van der Waals surface area contributed by atoms with Crippen LogP contribution in [-0.2, 0) is 10.0 Å². The summed E-state index contributed by atoms with van der Waals surface area (Å²) in [7, 11) is -3.59. The van der Waals surface area contributed by atoms with Crippen LogP contribution in [-0.4, -0.2) is 41.7 Å². The Bertz CT molecular complexity index is 832. The molecule has 0 aliphatic carbocycles. The van der Waals surface area contributed by atoms with Gasteiger partial charge in [0.15, 0.2) is 0 Å². The molecule has 1 aromatic heterocycles. The molecular weight excluding hydrogens is 340 g/mol. The summed E-state index contributed by atoms with van der Waals surface area (Å²) >= 11 is 0. The lowest BCUT2D eigenvalue weighted by Gasteiger charge is -2.20. The summed E-state index contributed by atoms with van der Waals surface area (Å²) < 4.78 is 27.2. The van der Waals surface area contributed by atoms with Gasteiger partial charge in [0.2, 0.25) is 10.0 Å². The van der Waals surface area contributed by atoms with E-state index >= 15 is 0 Å². The van der Waals surface area contributed by atoms with Crippen molar-refractivity contribution in [2.24, 2.45) is 0 Å². The van der Waals surface area contributed by atoms with Crippen molar-refractivity contribution in [2.45, 2.75) is 30.6 Å². The topological polar surface area (TPSA) is 92.3 Å². The maximum absolute atomic E-state index is 12.8. The van der Waals surface area contributed by atoms with E-state index in [9.17, 15) is 13.2 Å². The number of hydrogen-bond donors (Lipinski definition) is 1. The second kappa shape index (κ2) is 7.71. The Labute approximate surface area is 147 Å². The number of benzene rings is 1. The van der Waals surface area contributed by atoms with Gasteiger partial charge in [0.1, 0.15) is 12.1 Å². The molecule has 1 amide bonds. The maximum atomic E-state index is 12.8. The molecule has 2 aromatic rings. The lowest BCUT2D eigenvalue weighted by atomic mass is 10.2. The molecule has 25 heavy (non-hydrogen) atoms. The van der Waals surface area contributed by atoms with Gasteiger partial charge in [-0.25, -0.2) is 18.4 Å². The summed E-state index contributed by atoms with van der Waals surface area (Å²) in [4.78, 5) is 20.2. The van der Waals surface area contributed by atoms with E-state index in [1.807, 2.05) is 0 Å². The van der Waals surface area contributed by atoms with E-state index < -0.39 is 15.9 Å². The normalized spacial score (nSPS) is 16.2. The van der Waals surface area contributed by atoms with E-state index in [2.05, 4.69) is 15.3 Å². The third-order valence-corrected chi connectivity index (χ3v) is 6.02. The Hall–Kier alpha value is -2.32. The summed E-state index contributed by atoms with van der Waals surface area (Å²) in [5.74, 6) is -0.0487. The van der Waals surface area contributed by atoms with Gasteiger partial charge in [-0.15, -0.1) is 0 Å². The molecule has 1 aliphatic heterocycles. The smallest absolute Gasteiger partial charge is 0.256 e. The van der Waals surface area contributed by atoms with Crippen LogP contribution in [0.4, 0.5) is 5.82 Å². The van der Waals surface area contributed by atoms with Crippen LogP contribution in [0.5, 0.6) is 0 Å². The number of rotatable bonds is 4. The molecule has 3 rings (SSSR count). The molecule has 0 bridgehead atoms. The molecular formula is C17H20N4O3S. The van der Waals surface area contributed by atoms with Crippen molar-refractivity contribution in [3.63, 3.8) is 0 Å². The van der Waals surface area contributed by atoms with E-state index in [1.165, 1.54) is 29.0 Å². The molecule has 0 atom stereocenters. The molecule has 0 unspecified atom stereocenters. The minimum Gasteiger partial charge on any atom is -0.306 e. The lowest BCUT2D eigenvalue weighted by Crippen LogP contribution is -2.32. The first-order valence-electron chi connectivity index (χ1n) is 8.25. The molecule has 2 heterocycles. The zero-order valence-electron chi connectivity index (χ0n) is 13.8. The van der Waals surface area contributed by atoms with Gasteiger partial charge in [-0.05, 0) is 37.1 Å². The second-order valence-electron chi connectivity index (χ2n) is 5.89. The highest BCUT2D eigenvalue weighted by atomic mass is 32.2. The van der Waals surface area contributed by atoms with Crippen molar-refractivity contribution in [2.75, 3.05) is 18.4 Å². The molecule has 0 radical (unpaired) electrons. The number of carbonyl (C=O) groups is 1. The van der Waals surface area contributed by atoms with Gasteiger partial charge >= 0.3 is 0 Å². The van der Waals surface area contributed by atoms with Crippen LogP contribution in [0.15, 0.2) is 47.8 Å². The average molecular weight is 360 g/mol. The van der Waals surface area contributed by atoms with Gasteiger partial charge in [-0.3, -0.25) is 4.79 Å². The number of sulfonamides is 1. The fourth-order valence-electron chi connectivity index (χ4n) is 2.78. The minimum atomic E-state index is -3.59. The number of carbonyl (C=O) groups excluding carboxylic acids is 1. The Morgan fingerprint density at radius 1 is 1.08 bits per heavy atom. The highest BCUT2D eigenvalue weighted by Gasteiger charge is 2.25. The van der Waals surface area contributed by atoms with E-state index in [4.69, 9.17) is 0 Å². The lowest BCUT2D eigenvalue weighted by molar-refractivity contribution is 0.102. The molecule has 8 heteroatoms. The van der Waals surface area contributed by atoms with Gasteiger partial charge in [0, 0.05) is 24.8 Å². The van der Waals surface area contributed by atoms with E-state index in [0.717, 1.165) is 25.7 Å². The summed E-state index contributed by atoms with van der Waals surface area (Å²) in [6.45, 7) is 1.05. The molecule has 1 aromatic carbocycles. The maximum Gasteiger partial charge on any atom is 0.256 e. The Kier molecular flexibility index (Phi) is 5.40. The second-order valence-corrected chi connectivity index (χ2v) is 7.83. The van der Waals surface area contributed by atoms with Gasteiger partial charge in [-0.1, -0.05) is 18.9 Å². The summed E-state index contributed by atoms with van der Waals surface area (Å²) in [5, 5.41) is 2.63. The van der Waals surface area contributed by atoms with Crippen LogP contribution in [0.1, 0.15) is 36.0 Å². The van der Waals surface area contributed by atoms with Crippen LogP contribution in [0.3, 0.4) is 0 Å². The van der Waals surface area contributed by atoms with Crippen molar-refractivity contribution < 1.29 is 13.2 Å². The predicted octanol–water partition coefficient (Wildman–Crippen LogP) is 2.29. The summed E-state index contributed by atoms with van der Waals surface area (Å²) in [5.41, 5.74) is 0.273. The third-order valence-electron chi connectivity index (χ3n) is 4.12. The average Bonchev–Trinajstić information content (AvgIpc) is 2.93. The van der Waals surface area contributed by atoms with Crippen molar-refractivity contribution in [3.05, 3.63) is 48.4 Å². The van der Waals surface area contributed by atoms with Crippen molar-refractivity contribution >= 4 is 21.7 Å². The zero-order chi connectivity index (χ0) is 17.7. The van der Waals surface area contributed by atoms with Crippen LogP contribution < -0.4 is 5.32 Å². The number of anilines is 1. The van der Waals surface area contributed by atoms with Crippen LogP contribution in [0, 0.1) is 0 Å². The number of nitrogens with one attached hydrogen (secondary N) is 1. The fourth-order valence-corrected chi connectivity index (χ4v) is 4.35. The van der Waals surface area contributed by atoms with E-state index in [-0.39, 0.29) is 10.5 Å². The number of amides is 1. The molecule has 132 valence electrons. The van der Waals surface area contributed by atoms with Gasteiger partial charge in [0.25, 0.3) is 5.91 Å². The standard InChI is InChI=1S/C17H20N4O3S/c22-17(20-16-8-9-18-13-19-16)14-6-5-7-15(12-14)25(23,24)21-10-3-1-2-4-11-21/h5-9,12-13H,1-4,10-11H2,(H,18,19,20,22). The first-order valence-corrected chi connectivity index (χ1v) is 9.69. The molecule has 1 fully saturated rings. The highest BCUT2D eigenvalue weighted by molar-refractivity contribution is 7.89. The fraction of sp³-hybridized carbons (Fsp3) is 0.353. The molecule has 1 N–H and O–H groups in total. The Morgan fingerprint density at radius 3 is 2.52 bits per heavy atom. The number of aromatic nitrogens is 2. The monoisotopic (exact) mass is 360 g/mol. The van der Waals surface area contributed by atoms with Gasteiger partial charge in [0.05, 0.1) is 4.90 Å². The largest absolute Gasteiger partial charge is 0.306 e. The Morgan fingerprint density at radius 2 is 1.84 bits per heavy atom. The summed E-state index contributed by atoms with van der Waals surface area (Å²) in [6.07, 6.45) is 6.68. The molecule has 0 saturated carbocycles.